The van der Waals surface area contributed by atoms with Gasteiger partial charge >= 0.3 is 5.79 Å². The Labute approximate surface area is 165 Å². The predicted molar refractivity (Wildman–Crippen MR) is 98.0 cm³/mol. The fourth-order valence-corrected chi connectivity index (χ4v) is 2.86. The normalized spacial score (nSPS) is 13.2. The summed E-state index contributed by atoms with van der Waals surface area (Å²) in [6.07, 6.45) is 0. The van der Waals surface area contributed by atoms with Crippen molar-refractivity contribution in [3.63, 3.8) is 0 Å². The van der Waals surface area contributed by atoms with Crippen LogP contribution in [0.25, 0.3) is 11.4 Å². The van der Waals surface area contributed by atoms with Crippen molar-refractivity contribution >= 4 is 0 Å². The Hall–Kier alpha value is -3.70. The second-order valence-corrected chi connectivity index (χ2v) is 5.91. The van der Waals surface area contributed by atoms with Crippen LogP contribution in [-0.2, 0) is 15.6 Å². The fraction of sp³-hybridized carbons (Fsp3) is 0.222. The van der Waals surface area contributed by atoms with Gasteiger partial charge in [0.25, 0.3) is 0 Å². The van der Waals surface area contributed by atoms with E-state index < -0.39 is 5.79 Å². The third-order valence-corrected chi connectivity index (χ3v) is 4.19. The Kier molecular flexibility index (Phi) is 4.97. The Balaban J connectivity index is 1.84. The molecule has 147 valence electrons. The molecule has 2 heterocycles. The SMILES string of the molecule is CCOC([O])(c1nnnn1-c1ccccc1)c1nnnn1-c1ccc(OC)cc1. The van der Waals surface area contributed by atoms with E-state index in [1.165, 1.54) is 9.36 Å². The van der Waals surface area contributed by atoms with Crippen molar-refractivity contribution in [2.24, 2.45) is 0 Å². The van der Waals surface area contributed by atoms with E-state index in [0.29, 0.717) is 17.1 Å². The number of hydrogen-bond donors (Lipinski definition) is 0. The summed E-state index contributed by atoms with van der Waals surface area (Å²) in [5, 5.41) is 37.1. The molecule has 2 aromatic carbocycles. The zero-order chi connectivity index (χ0) is 20.3. The molecule has 2 aromatic heterocycles. The van der Waals surface area contributed by atoms with Crippen LogP contribution in [0, 0.1) is 0 Å². The molecule has 1 unspecified atom stereocenters. The van der Waals surface area contributed by atoms with Gasteiger partial charge in [0.15, 0.2) is 0 Å². The van der Waals surface area contributed by atoms with Crippen LogP contribution >= 0.6 is 0 Å². The van der Waals surface area contributed by atoms with Crippen molar-refractivity contribution < 1.29 is 14.6 Å². The van der Waals surface area contributed by atoms with Gasteiger partial charge in [-0.3, -0.25) is 0 Å². The van der Waals surface area contributed by atoms with Gasteiger partial charge in [-0.15, -0.1) is 10.2 Å². The van der Waals surface area contributed by atoms with Crippen LogP contribution in [0.4, 0.5) is 0 Å². The summed E-state index contributed by atoms with van der Waals surface area (Å²) in [7, 11) is 1.57. The van der Waals surface area contributed by atoms with Gasteiger partial charge < -0.3 is 9.47 Å². The second-order valence-electron chi connectivity index (χ2n) is 5.91. The summed E-state index contributed by atoms with van der Waals surface area (Å²) in [5.74, 6) is -1.88. The van der Waals surface area contributed by atoms with Gasteiger partial charge in [0, 0.05) is 6.61 Å². The van der Waals surface area contributed by atoms with E-state index in [1.54, 1.807) is 50.4 Å². The average Bonchev–Trinajstić information content (AvgIpc) is 3.45. The molecule has 0 aliphatic rings. The fourth-order valence-electron chi connectivity index (χ4n) is 2.86. The number of ether oxygens (including phenoxy) is 2. The van der Waals surface area contributed by atoms with Crippen molar-refractivity contribution in [2.75, 3.05) is 13.7 Å². The molecule has 0 aliphatic carbocycles. The third-order valence-electron chi connectivity index (χ3n) is 4.19. The maximum absolute atomic E-state index is 14.0. The van der Waals surface area contributed by atoms with E-state index in [9.17, 15) is 5.11 Å². The number of aromatic nitrogens is 8. The number of para-hydroxylation sites is 1. The zero-order valence-electron chi connectivity index (χ0n) is 15.7. The van der Waals surface area contributed by atoms with Gasteiger partial charge in [0.05, 0.1) is 18.5 Å². The molecular formula is C18H17N8O3. The first-order valence-corrected chi connectivity index (χ1v) is 8.79. The highest BCUT2D eigenvalue weighted by Crippen LogP contribution is 2.31. The first kappa shape index (κ1) is 18.7. The molecule has 0 amide bonds. The smallest absolute Gasteiger partial charge is 0.327 e. The molecule has 4 aromatic rings. The summed E-state index contributed by atoms with van der Waals surface area (Å²) in [4.78, 5) is 0. The quantitative estimate of drug-likeness (QED) is 0.430. The number of nitrogens with zero attached hydrogens (tertiary/aromatic N) is 8. The maximum atomic E-state index is 14.0. The van der Waals surface area contributed by atoms with Crippen LogP contribution in [0.2, 0.25) is 0 Å². The summed E-state index contributed by atoms with van der Waals surface area (Å²) < 4.78 is 13.4. The van der Waals surface area contributed by atoms with Crippen molar-refractivity contribution in [3.8, 4) is 17.1 Å². The molecule has 0 N–H and O–H groups in total. The summed E-state index contributed by atoms with van der Waals surface area (Å²) in [5.41, 5.74) is 1.17. The minimum Gasteiger partial charge on any atom is -0.497 e. The maximum Gasteiger partial charge on any atom is 0.327 e. The standard InChI is InChI=1S/C18H17N8O3/c1-3-29-18(27,16-19-21-23-25(16)13-7-5-4-6-8-13)17-20-22-24-26(17)14-9-11-15(28-2)12-10-14/h4-12H,3H2,1-2H3. The van der Waals surface area contributed by atoms with Gasteiger partial charge in [0.1, 0.15) is 5.75 Å². The Morgan fingerprint density at radius 2 is 1.41 bits per heavy atom. The molecule has 0 fully saturated rings. The van der Waals surface area contributed by atoms with Crippen molar-refractivity contribution in [3.05, 3.63) is 66.2 Å². The first-order chi connectivity index (χ1) is 14.2. The molecule has 1 radical (unpaired) electrons. The Bertz CT molecular complexity index is 1080. The molecule has 1 atom stereocenters. The number of tetrazole rings is 2. The molecule has 0 aliphatic heterocycles. The van der Waals surface area contributed by atoms with Gasteiger partial charge in [0.2, 0.25) is 11.6 Å². The van der Waals surface area contributed by atoms with Crippen LogP contribution in [0.1, 0.15) is 18.6 Å². The van der Waals surface area contributed by atoms with Crippen molar-refractivity contribution in [1.29, 1.82) is 0 Å². The van der Waals surface area contributed by atoms with Gasteiger partial charge in [-0.25, -0.2) is 0 Å². The van der Waals surface area contributed by atoms with E-state index in [4.69, 9.17) is 9.47 Å². The van der Waals surface area contributed by atoms with Crippen LogP contribution in [0.3, 0.4) is 0 Å². The van der Waals surface area contributed by atoms with Crippen LogP contribution < -0.4 is 4.74 Å². The van der Waals surface area contributed by atoms with Crippen molar-refractivity contribution in [2.45, 2.75) is 12.7 Å². The number of benzene rings is 2. The van der Waals surface area contributed by atoms with Gasteiger partial charge in [-0.2, -0.15) is 14.5 Å². The Morgan fingerprint density at radius 1 is 0.862 bits per heavy atom. The lowest BCUT2D eigenvalue weighted by atomic mass is 10.2. The van der Waals surface area contributed by atoms with E-state index >= 15 is 0 Å². The van der Waals surface area contributed by atoms with Crippen LogP contribution in [0.15, 0.2) is 54.6 Å². The number of rotatable bonds is 7. The predicted octanol–water partition coefficient (Wildman–Crippen LogP) is 1.31. The monoisotopic (exact) mass is 393 g/mol. The topological polar surface area (TPSA) is 126 Å². The molecule has 0 bridgehead atoms. The average molecular weight is 393 g/mol. The molecule has 0 saturated heterocycles. The number of hydrogen-bond acceptors (Lipinski definition) is 8. The van der Waals surface area contributed by atoms with E-state index in [0.717, 1.165) is 0 Å². The molecule has 11 nitrogen and oxygen atoms in total. The summed E-state index contributed by atoms with van der Waals surface area (Å²) in [6.45, 7) is 1.80. The highest BCUT2D eigenvalue weighted by atomic mass is 16.6. The van der Waals surface area contributed by atoms with Crippen LogP contribution in [0.5, 0.6) is 5.75 Å². The van der Waals surface area contributed by atoms with E-state index in [-0.39, 0.29) is 18.3 Å². The zero-order valence-corrected chi connectivity index (χ0v) is 15.7. The highest BCUT2D eigenvalue weighted by Gasteiger charge is 2.46. The number of methoxy groups -OCH3 is 1. The summed E-state index contributed by atoms with van der Waals surface area (Å²) in [6, 6.07) is 16.0. The third kappa shape index (κ3) is 3.32. The lowest BCUT2D eigenvalue weighted by molar-refractivity contribution is -0.229. The lowest BCUT2D eigenvalue weighted by Gasteiger charge is -2.23. The summed E-state index contributed by atoms with van der Waals surface area (Å²) >= 11 is 0. The second kappa shape index (κ2) is 7.73. The largest absolute Gasteiger partial charge is 0.497 e. The first-order valence-electron chi connectivity index (χ1n) is 8.79. The molecule has 4 rings (SSSR count). The Morgan fingerprint density at radius 3 is 1.93 bits per heavy atom. The minimum absolute atomic E-state index is 0.0879. The van der Waals surface area contributed by atoms with Crippen LogP contribution in [-0.4, -0.2) is 54.1 Å². The molecule has 0 saturated carbocycles. The van der Waals surface area contributed by atoms with E-state index in [1.807, 2.05) is 18.2 Å². The molecular weight excluding hydrogens is 376 g/mol. The highest BCUT2D eigenvalue weighted by molar-refractivity contribution is 5.38. The molecule has 0 spiro atoms. The lowest BCUT2D eigenvalue weighted by Crippen LogP contribution is -2.36. The minimum atomic E-state index is -2.35. The van der Waals surface area contributed by atoms with Gasteiger partial charge in [-0.1, -0.05) is 18.2 Å². The molecule has 29 heavy (non-hydrogen) atoms. The van der Waals surface area contributed by atoms with Gasteiger partial charge in [-0.05, 0) is 64.2 Å². The molecule has 11 heteroatoms. The van der Waals surface area contributed by atoms with E-state index in [2.05, 4.69) is 31.1 Å². The van der Waals surface area contributed by atoms with Crippen molar-refractivity contribution in [1.82, 2.24) is 40.4 Å².